The third-order valence-electron chi connectivity index (χ3n) is 4.41. The maximum atomic E-state index is 13.8. The number of nitrogens with one attached hydrogen (secondary N) is 1. The molecule has 150 valence electrons. The van der Waals surface area contributed by atoms with Crippen LogP contribution in [0.3, 0.4) is 0 Å². The van der Waals surface area contributed by atoms with Gasteiger partial charge in [0.1, 0.15) is 5.82 Å². The summed E-state index contributed by atoms with van der Waals surface area (Å²) >= 11 is 2.85. The number of rotatable bonds is 7. The Bertz CT molecular complexity index is 825. The first-order chi connectivity index (χ1) is 13.6. The van der Waals surface area contributed by atoms with Crippen molar-refractivity contribution in [3.8, 4) is 0 Å². The highest BCUT2D eigenvalue weighted by Gasteiger charge is 2.29. The summed E-state index contributed by atoms with van der Waals surface area (Å²) in [6.07, 6.45) is 1.06. The normalized spacial score (nSPS) is 14.9. The number of piperidine rings is 1. The van der Waals surface area contributed by atoms with Crippen LogP contribution in [-0.4, -0.2) is 59.5 Å². The molecule has 1 N–H and O–H groups in total. The summed E-state index contributed by atoms with van der Waals surface area (Å²) in [5, 5.41) is 11.3. The molecule has 0 atom stereocenters. The average Bonchev–Trinajstić information content (AvgIpc) is 3.15. The lowest BCUT2D eigenvalue weighted by Crippen LogP contribution is -2.41. The number of benzene rings is 1. The van der Waals surface area contributed by atoms with Crippen LogP contribution in [0.5, 0.6) is 0 Å². The topological polar surface area (TPSA) is 84.4 Å². The molecule has 7 nitrogen and oxygen atoms in total. The van der Waals surface area contributed by atoms with Gasteiger partial charge in [0.05, 0.1) is 12.2 Å². The lowest BCUT2D eigenvalue weighted by atomic mass is 9.95. The Balaban J connectivity index is 1.49. The van der Waals surface area contributed by atoms with Gasteiger partial charge in [0, 0.05) is 31.9 Å². The smallest absolute Gasteiger partial charge is 0.256 e. The second-order valence-corrected chi connectivity index (χ2v) is 8.57. The van der Waals surface area contributed by atoms with Gasteiger partial charge >= 0.3 is 0 Å². The Morgan fingerprint density at radius 1 is 1.32 bits per heavy atom. The molecule has 1 aromatic heterocycles. The van der Waals surface area contributed by atoms with Crippen molar-refractivity contribution in [1.82, 2.24) is 15.1 Å². The number of nitrogens with zero attached hydrogens (tertiary/aromatic N) is 3. The fourth-order valence-electron chi connectivity index (χ4n) is 2.89. The number of methoxy groups -OCH3 is 1. The number of carbonyl (C=O) groups excluding carboxylic acids is 2. The maximum Gasteiger partial charge on any atom is 0.256 e. The van der Waals surface area contributed by atoms with Crippen molar-refractivity contribution in [1.29, 1.82) is 0 Å². The summed E-state index contributed by atoms with van der Waals surface area (Å²) in [5.41, 5.74) is 0.0674. The summed E-state index contributed by atoms with van der Waals surface area (Å²) in [7, 11) is 1.64. The van der Waals surface area contributed by atoms with E-state index in [0.717, 1.165) is 10.1 Å². The van der Waals surface area contributed by atoms with Crippen LogP contribution in [0.15, 0.2) is 28.6 Å². The molecule has 0 unspecified atom stereocenters. The van der Waals surface area contributed by atoms with Gasteiger partial charge in [0.2, 0.25) is 11.0 Å². The van der Waals surface area contributed by atoms with E-state index in [0.29, 0.717) is 37.7 Å². The van der Waals surface area contributed by atoms with E-state index in [1.54, 1.807) is 24.1 Å². The monoisotopic (exact) mass is 424 g/mol. The van der Waals surface area contributed by atoms with E-state index in [-0.39, 0.29) is 23.3 Å². The molecule has 1 saturated heterocycles. The number of anilines is 1. The highest BCUT2D eigenvalue weighted by atomic mass is 32.2. The Morgan fingerprint density at radius 2 is 2.07 bits per heavy atom. The van der Waals surface area contributed by atoms with Gasteiger partial charge in [-0.2, -0.15) is 0 Å². The molecular formula is C18H21FN4O3S2. The zero-order valence-electron chi connectivity index (χ0n) is 15.4. The van der Waals surface area contributed by atoms with Crippen LogP contribution in [-0.2, 0) is 9.53 Å². The molecule has 1 fully saturated rings. The van der Waals surface area contributed by atoms with Gasteiger partial charge in [-0.25, -0.2) is 4.39 Å². The zero-order valence-corrected chi connectivity index (χ0v) is 17.0. The molecule has 2 amide bonds. The largest absolute Gasteiger partial charge is 0.384 e. The molecule has 1 aliphatic rings. The predicted molar refractivity (Wildman–Crippen MR) is 106 cm³/mol. The van der Waals surface area contributed by atoms with Gasteiger partial charge in [-0.15, -0.1) is 10.2 Å². The lowest BCUT2D eigenvalue weighted by molar-refractivity contribution is -0.121. The standard InChI is InChI=1S/C18H21FN4O3S2/c1-26-10-11-27-18-22-21-17(28-18)20-15(24)12-6-8-23(9-7-12)16(25)13-4-2-3-5-14(13)19/h2-5,12H,6-11H2,1H3,(H,20,21,24). The minimum atomic E-state index is -0.525. The van der Waals surface area contributed by atoms with Crippen molar-refractivity contribution in [2.75, 3.05) is 37.9 Å². The van der Waals surface area contributed by atoms with Crippen LogP contribution in [0, 0.1) is 11.7 Å². The second kappa shape index (κ2) is 9.94. The van der Waals surface area contributed by atoms with Crippen molar-refractivity contribution < 1.29 is 18.7 Å². The third kappa shape index (κ3) is 5.27. The molecular weight excluding hydrogens is 403 g/mol. The van der Waals surface area contributed by atoms with Crippen LogP contribution in [0.1, 0.15) is 23.2 Å². The van der Waals surface area contributed by atoms with E-state index in [4.69, 9.17) is 4.74 Å². The van der Waals surface area contributed by atoms with Crippen LogP contribution in [0.25, 0.3) is 0 Å². The van der Waals surface area contributed by atoms with Gasteiger partial charge in [-0.3, -0.25) is 9.59 Å². The number of hydrogen-bond donors (Lipinski definition) is 1. The molecule has 0 bridgehead atoms. The molecule has 0 saturated carbocycles. The number of carbonyl (C=O) groups is 2. The minimum Gasteiger partial charge on any atom is -0.384 e. The first kappa shape index (κ1) is 20.7. The number of halogens is 1. The van der Waals surface area contributed by atoms with Crippen LogP contribution in [0.4, 0.5) is 9.52 Å². The van der Waals surface area contributed by atoms with E-state index >= 15 is 0 Å². The van der Waals surface area contributed by atoms with E-state index in [1.165, 1.54) is 35.2 Å². The number of amides is 2. The SMILES string of the molecule is COCCSc1nnc(NC(=O)C2CCN(C(=O)c3ccccc3F)CC2)s1. The highest BCUT2D eigenvalue weighted by Crippen LogP contribution is 2.27. The van der Waals surface area contributed by atoms with Crippen molar-refractivity contribution in [3.05, 3.63) is 35.6 Å². The first-order valence-electron chi connectivity index (χ1n) is 8.88. The molecule has 2 aromatic rings. The summed E-state index contributed by atoms with van der Waals surface area (Å²) in [6, 6.07) is 5.95. The Hall–Kier alpha value is -2.04. The fourth-order valence-corrected chi connectivity index (χ4v) is 4.61. The van der Waals surface area contributed by atoms with E-state index in [9.17, 15) is 14.0 Å². The average molecular weight is 425 g/mol. The first-order valence-corrected chi connectivity index (χ1v) is 10.7. The van der Waals surface area contributed by atoms with Crippen LogP contribution in [0.2, 0.25) is 0 Å². The molecule has 28 heavy (non-hydrogen) atoms. The number of hydrogen-bond acceptors (Lipinski definition) is 7. The van der Waals surface area contributed by atoms with Crippen molar-refractivity contribution >= 4 is 40.0 Å². The summed E-state index contributed by atoms with van der Waals surface area (Å²) in [5.74, 6) is -0.421. The predicted octanol–water partition coefficient (Wildman–Crippen LogP) is 2.91. The van der Waals surface area contributed by atoms with Crippen LogP contribution >= 0.6 is 23.1 Å². The van der Waals surface area contributed by atoms with Gasteiger partial charge in [-0.1, -0.05) is 35.2 Å². The molecule has 1 aliphatic heterocycles. The highest BCUT2D eigenvalue weighted by molar-refractivity contribution is 8.01. The molecule has 3 rings (SSSR count). The molecule has 10 heteroatoms. The maximum absolute atomic E-state index is 13.8. The quantitative estimate of drug-likeness (QED) is 0.418. The van der Waals surface area contributed by atoms with Crippen molar-refractivity contribution in [2.45, 2.75) is 17.2 Å². The van der Waals surface area contributed by atoms with Gasteiger partial charge < -0.3 is 15.0 Å². The Morgan fingerprint density at radius 3 is 2.79 bits per heavy atom. The molecule has 0 aliphatic carbocycles. The minimum absolute atomic E-state index is 0.0674. The van der Waals surface area contributed by atoms with Gasteiger partial charge in [0.25, 0.3) is 5.91 Å². The van der Waals surface area contributed by atoms with E-state index < -0.39 is 5.82 Å². The summed E-state index contributed by atoms with van der Waals surface area (Å²) in [6.45, 7) is 1.45. The molecule has 0 spiro atoms. The molecule has 0 radical (unpaired) electrons. The summed E-state index contributed by atoms with van der Waals surface area (Å²) in [4.78, 5) is 26.5. The number of aromatic nitrogens is 2. The lowest BCUT2D eigenvalue weighted by Gasteiger charge is -2.31. The van der Waals surface area contributed by atoms with Crippen LogP contribution < -0.4 is 5.32 Å². The van der Waals surface area contributed by atoms with Crippen molar-refractivity contribution in [2.24, 2.45) is 5.92 Å². The van der Waals surface area contributed by atoms with Gasteiger partial charge in [-0.05, 0) is 25.0 Å². The number of thioether (sulfide) groups is 1. The molecule has 1 aromatic carbocycles. The number of ether oxygens (including phenoxy) is 1. The second-order valence-electron chi connectivity index (χ2n) is 6.25. The number of likely N-dealkylation sites (tertiary alicyclic amines) is 1. The zero-order chi connectivity index (χ0) is 19.9. The Kier molecular flexibility index (Phi) is 7.35. The van der Waals surface area contributed by atoms with E-state index in [2.05, 4.69) is 15.5 Å². The van der Waals surface area contributed by atoms with Gasteiger partial charge in [0.15, 0.2) is 4.34 Å². The third-order valence-corrected chi connectivity index (χ3v) is 6.34. The summed E-state index contributed by atoms with van der Waals surface area (Å²) < 4.78 is 19.6. The fraction of sp³-hybridized carbons (Fsp3) is 0.444. The van der Waals surface area contributed by atoms with E-state index in [1.807, 2.05) is 0 Å². The Labute approximate surface area is 170 Å². The van der Waals surface area contributed by atoms with Crippen molar-refractivity contribution in [3.63, 3.8) is 0 Å². The molecule has 2 heterocycles.